The van der Waals surface area contributed by atoms with Gasteiger partial charge in [0, 0.05) is 0 Å². The minimum absolute atomic E-state index is 0. The van der Waals surface area contributed by atoms with Crippen LogP contribution in [0.5, 0.6) is 0 Å². The van der Waals surface area contributed by atoms with Crippen LogP contribution < -0.4 is 24.8 Å². The van der Waals surface area contributed by atoms with Crippen molar-refractivity contribution in [2.75, 3.05) is 0 Å². The maximum Gasteiger partial charge on any atom is 4.00 e. The summed E-state index contributed by atoms with van der Waals surface area (Å²) in [5, 5.41) is 2.72. The zero-order valence-corrected chi connectivity index (χ0v) is 15.0. The standard InChI is InChI=1S/C10H9.C6H7.2ClH.Zr/c1-8-6-7-9-4-2-3-5-10(8)9;1-6-4-2-3-5-6;;;/h2-7H,1H3;2-5H,1H3;2*1H;/q2*-1;;;+4/p-2. The molecule has 0 saturated heterocycles. The van der Waals surface area contributed by atoms with Crippen molar-refractivity contribution < 1.29 is 51.0 Å². The van der Waals surface area contributed by atoms with Gasteiger partial charge in [-0.1, -0.05) is 19.9 Å². The molecule has 0 nitrogen and oxygen atoms in total. The normalized spacial score (nSPS) is 8.32. The predicted octanol–water partition coefficient (Wildman–Crippen LogP) is -1.41. The van der Waals surface area contributed by atoms with Crippen LogP contribution in [0.4, 0.5) is 0 Å². The first kappa shape index (κ1) is 21.0. The molecule has 3 rings (SSSR count). The van der Waals surface area contributed by atoms with E-state index in [1.165, 1.54) is 21.9 Å². The van der Waals surface area contributed by atoms with Crippen LogP contribution >= 0.6 is 0 Å². The Morgan fingerprint density at radius 1 is 0.895 bits per heavy atom. The van der Waals surface area contributed by atoms with Crippen molar-refractivity contribution in [3.8, 4) is 0 Å². The van der Waals surface area contributed by atoms with E-state index in [1.54, 1.807) is 0 Å². The van der Waals surface area contributed by atoms with Gasteiger partial charge in [0.2, 0.25) is 0 Å². The first-order chi connectivity index (χ1) is 7.77. The van der Waals surface area contributed by atoms with Crippen molar-refractivity contribution in [3.63, 3.8) is 0 Å². The van der Waals surface area contributed by atoms with Gasteiger partial charge in [-0.05, 0) is 0 Å². The quantitative estimate of drug-likeness (QED) is 0.427. The zero-order chi connectivity index (χ0) is 11.4. The smallest absolute Gasteiger partial charge is 1.00 e. The van der Waals surface area contributed by atoms with Gasteiger partial charge in [-0.2, -0.15) is 29.8 Å². The average molecular weight is 370 g/mol. The number of benzene rings is 1. The summed E-state index contributed by atoms with van der Waals surface area (Å²) in [6.07, 6.45) is 0. The summed E-state index contributed by atoms with van der Waals surface area (Å²) >= 11 is 0. The van der Waals surface area contributed by atoms with Crippen molar-refractivity contribution in [3.05, 3.63) is 71.8 Å². The van der Waals surface area contributed by atoms with Gasteiger partial charge >= 0.3 is 26.2 Å². The van der Waals surface area contributed by atoms with Gasteiger partial charge in [0.15, 0.2) is 0 Å². The first-order valence-electron chi connectivity index (χ1n) is 5.57. The van der Waals surface area contributed by atoms with Crippen LogP contribution in [0.25, 0.3) is 10.8 Å². The molecule has 0 aromatic heterocycles. The summed E-state index contributed by atoms with van der Waals surface area (Å²) < 4.78 is 0. The van der Waals surface area contributed by atoms with Crippen molar-refractivity contribution in [1.29, 1.82) is 0 Å². The summed E-state index contributed by atoms with van der Waals surface area (Å²) in [7, 11) is 0. The molecular weight excluding hydrogens is 354 g/mol. The fourth-order valence-electron chi connectivity index (χ4n) is 1.78. The topological polar surface area (TPSA) is 0 Å². The summed E-state index contributed by atoms with van der Waals surface area (Å²) in [5.74, 6) is 0. The molecule has 0 N–H and O–H groups in total. The minimum Gasteiger partial charge on any atom is -1.00 e. The van der Waals surface area contributed by atoms with Crippen LogP contribution in [0, 0.1) is 13.8 Å². The molecule has 0 heterocycles. The van der Waals surface area contributed by atoms with Gasteiger partial charge in [0.1, 0.15) is 0 Å². The molecule has 0 bridgehead atoms. The fraction of sp³-hybridized carbons (Fsp3) is 0.125. The van der Waals surface area contributed by atoms with Gasteiger partial charge in [-0.25, -0.2) is 11.6 Å². The molecule has 0 aliphatic rings. The van der Waals surface area contributed by atoms with Gasteiger partial charge in [0.25, 0.3) is 0 Å². The van der Waals surface area contributed by atoms with E-state index in [0.29, 0.717) is 0 Å². The molecule has 0 fully saturated rings. The number of hydrogen-bond acceptors (Lipinski definition) is 0. The fourth-order valence-corrected chi connectivity index (χ4v) is 1.78. The average Bonchev–Trinajstić information content (AvgIpc) is 2.91. The van der Waals surface area contributed by atoms with Gasteiger partial charge in [0.05, 0.1) is 0 Å². The van der Waals surface area contributed by atoms with E-state index in [1.807, 2.05) is 12.1 Å². The maximum atomic E-state index is 2.16. The maximum absolute atomic E-state index is 2.16. The molecule has 0 radical (unpaired) electrons. The molecular formula is C16H16Cl2Zr. The van der Waals surface area contributed by atoms with Gasteiger partial charge in [-0.3, -0.25) is 0 Å². The van der Waals surface area contributed by atoms with Crippen LogP contribution in [-0.4, -0.2) is 0 Å². The molecule has 3 aromatic carbocycles. The SMILES string of the molecule is Cc1c[cH-]c2ccccc12.Cc1cc[cH-]c1.[Cl-].[Cl-].[Zr+4]. The molecule has 3 aromatic rings. The van der Waals surface area contributed by atoms with Crippen molar-refractivity contribution in [2.45, 2.75) is 13.8 Å². The first-order valence-corrected chi connectivity index (χ1v) is 5.57. The molecule has 0 aliphatic carbocycles. The van der Waals surface area contributed by atoms with E-state index >= 15 is 0 Å². The number of rotatable bonds is 0. The van der Waals surface area contributed by atoms with Crippen LogP contribution in [0.15, 0.2) is 60.7 Å². The van der Waals surface area contributed by atoms with E-state index in [2.05, 4.69) is 62.4 Å². The predicted molar refractivity (Wildman–Crippen MR) is 71.1 cm³/mol. The molecule has 0 saturated carbocycles. The third-order valence-electron chi connectivity index (χ3n) is 2.73. The van der Waals surface area contributed by atoms with Crippen LogP contribution in [0.1, 0.15) is 11.1 Å². The monoisotopic (exact) mass is 368 g/mol. The Morgan fingerprint density at radius 3 is 2.05 bits per heavy atom. The summed E-state index contributed by atoms with van der Waals surface area (Å²) in [6.45, 7) is 4.22. The third-order valence-corrected chi connectivity index (χ3v) is 2.73. The molecule has 0 amide bonds. The Bertz CT molecular complexity index is 553. The Balaban J connectivity index is 0. The number of halogens is 2. The van der Waals surface area contributed by atoms with Gasteiger partial charge < -0.3 is 24.8 Å². The second kappa shape index (κ2) is 10.4. The van der Waals surface area contributed by atoms with E-state index in [4.69, 9.17) is 0 Å². The largest absolute Gasteiger partial charge is 4.00 e. The van der Waals surface area contributed by atoms with Crippen LogP contribution in [0.3, 0.4) is 0 Å². The Kier molecular flexibility index (Phi) is 11.5. The van der Waals surface area contributed by atoms with E-state index in [9.17, 15) is 0 Å². The van der Waals surface area contributed by atoms with Crippen molar-refractivity contribution in [2.24, 2.45) is 0 Å². The third kappa shape index (κ3) is 6.08. The van der Waals surface area contributed by atoms with Crippen LogP contribution in [0.2, 0.25) is 0 Å². The second-order valence-corrected chi connectivity index (χ2v) is 4.07. The van der Waals surface area contributed by atoms with Crippen LogP contribution in [-0.2, 0) is 26.2 Å². The molecule has 0 unspecified atom stereocenters. The summed E-state index contributed by atoms with van der Waals surface area (Å²) in [5.41, 5.74) is 2.71. The molecule has 0 spiro atoms. The Hall–Kier alpha value is -0.357. The van der Waals surface area contributed by atoms with E-state index < -0.39 is 0 Å². The van der Waals surface area contributed by atoms with Crippen molar-refractivity contribution >= 4 is 10.8 Å². The second-order valence-electron chi connectivity index (χ2n) is 4.07. The van der Waals surface area contributed by atoms with E-state index in [0.717, 1.165) is 0 Å². The summed E-state index contributed by atoms with van der Waals surface area (Å²) in [4.78, 5) is 0. The Labute approximate surface area is 146 Å². The zero-order valence-electron chi connectivity index (χ0n) is 11.0. The van der Waals surface area contributed by atoms with Gasteiger partial charge in [-0.15, -0.1) is 35.0 Å². The summed E-state index contributed by atoms with van der Waals surface area (Å²) in [6, 6.07) is 21.0. The molecule has 3 heteroatoms. The molecule has 98 valence electrons. The molecule has 0 aliphatic heterocycles. The molecule has 19 heavy (non-hydrogen) atoms. The van der Waals surface area contributed by atoms with Crippen molar-refractivity contribution in [1.82, 2.24) is 0 Å². The number of aryl methyl sites for hydroxylation is 2. The minimum atomic E-state index is 0. The number of fused-ring (bicyclic) bond motifs is 1. The van der Waals surface area contributed by atoms with E-state index in [-0.39, 0.29) is 51.0 Å². The number of hydrogen-bond donors (Lipinski definition) is 0. The molecule has 0 atom stereocenters. The Morgan fingerprint density at radius 2 is 1.58 bits per heavy atom.